The molecule has 5 heteroatoms. The van der Waals surface area contributed by atoms with Crippen LogP contribution in [-0.4, -0.2) is 14.6 Å². The molecule has 118 valence electrons. The van der Waals surface area contributed by atoms with E-state index in [1.165, 1.54) is 5.56 Å². The quantitative estimate of drug-likeness (QED) is 0.683. The summed E-state index contributed by atoms with van der Waals surface area (Å²) in [6, 6.07) is 10.6. The normalized spacial score (nSPS) is 12.0. The van der Waals surface area contributed by atoms with Gasteiger partial charge in [0.05, 0.1) is 0 Å². The van der Waals surface area contributed by atoms with Crippen LogP contribution in [0, 0.1) is 11.3 Å². The van der Waals surface area contributed by atoms with Gasteiger partial charge in [0.1, 0.15) is 16.8 Å². The highest BCUT2D eigenvalue weighted by Gasteiger charge is 2.19. The predicted octanol–water partition coefficient (Wildman–Crippen LogP) is 4.75. The van der Waals surface area contributed by atoms with E-state index in [1.807, 2.05) is 12.1 Å². The number of fused-ring (bicyclic) bond motifs is 1. The maximum Gasteiger partial charge on any atom is 0.214 e. The predicted molar refractivity (Wildman–Crippen MR) is 93.8 cm³/mol. The van der Waals surface area contributed by atoms with Gasteiger partial charge in [-0.1, -0.05) is 70.2 Å². The third-order valence-electron chi connectivity index (χ3n) is 3.84. The minimum Gasteiger partial charge on any atom is -0.216 e. The van der Waals surface area contributed by atoms with Gasteiger partial charge in [0.15, 0.2) is 5.69 Å². The van der Waals surface area contributed by atoms with Crippen molar-refractivity contribution in [3.63, 3.8) is 0 Å². The highest BCUT2D eigenvalue weighted by Crippen LogP contribution is 2.30. The zero-order chi connectivity index (χ0) is 16.8. The molecule has 0 saturated carbocycles. The molecule has 0 aliphatic carbocycles. The van der Waals surface area contributed by atoms with Gasteiger partial charge in [0.25, 0.3) is 0 Å². The van der Waals surface area contributed by atoms with Crippen molar-refractivity contribution >= 4 is 16.3 Å². The summed E-state index contributed by atoms with van der Waals surface area (Å²) >= 11 is 1.55. The molecule has 0 aliphatic heterocycles. The van der Waals surface area contributed by atoms with Crippen LogP contribution in [0.2, 0.25) is 0 Å². The molecule has 0 spiro atoms. The molecule has 2 aromatic heterocycles. The fraction of sp³-hybridized carbons (Fsp3) is 0.389. The summed E-state index contributed by atoms with van der Waals surface area (Å²) in [6.45, 7) is 10.7. The van der Waals surface area contributed by atoms with Gasteiger partial charge in [0, 0.05) is 11.5 Å². The Kier molecular flexibility index (Phi) is 3.73. The van der Waals surface area contributed by atoms with Crippen LogP contribution < -0.4 is 0 Å². The molecule has 0 fully saturated rings. The molecule has 23 heavy (non-hydrogen) atoms. The van der Waals surface area contributed by atoms with E-state index in [0.717, 1.165) is 15.5 Å². The lowest BCUT2D eigenvalue weighted by molar-refractivity contribution is 0.590. The Morgan fingerprint density at radius 2 is 1.83 bits per heavy atom. The number of benzene rings is 1. The Morgan fingerprint density at radius 1 is 1.17 bits per heavy atom. The van der Waals surface area contributed by atoms with E-state index in [1.54, 1.807) is 15.9 Å². The Morgan fingerprint density at radius 3 is 2.35 bits per heavy atom. The summed E-state index contributed by atoms with van der Waals surface area (Å²) < 4.78 is 1.67. The molecule has 1 aromatic carbocycles. The van der Waals surface area contributed by atoms with E-state index in [0.29, 0.717) is 17.3 Å². The summed E-state index contributed by atoms with van der Waals surface area (Å²) in [7, 11) is 0. The Hall–Kier alpha value is -2.19. The molecule has 3 rings (SSSR count). The van der Waals surface area contributed by atoms with Crippen molar-refractivity contribution in [2.75, 3.05) is 0 Å². The monoisotopic (exact) mass is 324 g/mol. The second-order valence-corrected chi connectivity index (χ2v) is 8.03. The topological polar surface area (TPSA) is 54.0 Å². The molecule has 0 N–H and O–H groups in total. The molecule has 0 amide bonds. The average molecular weight is 324 g/mol. The summed E-state index contributed by atoms with van der Waals surface area (Å²) in [5, 5.41) is 15.1. The highest BCUT2D eigenvalue weighted by atomic mass is 32.1. The second-order valence-electron chi connectivity index (χ2n) is 7.04. The summed E-state index contributed by atoms with van der Waals surface area (Å²) in [4.78, 5) is 5.42. The van der Waals surface area contributed by atoms with Crippen molar-refractivity contribution < 1.29 is 0 Å². The van der Waals surface area contributed by atoms with Crippen LogP contribution in [0.25, 0.3) is 16.2 Å². The third-order valence-corrected chi connectivity index (χ3v) is 5.05. The van der Waals surface area contributed by atoms with Crippen LogP contribution in [-0.2, 0) is 5.41 Å². The Labute approximate surface area is 140 Å². The lowest BCUT2D eigenvalue weighted by Crippen LogP contribution is -2.10. The summed E-state index contributed by atoms with van der Waals surface area (Å²) in [6.07, 6.45) is 0. The van der Waals surface area contributed by atoms with Crippen LogP contribution in [0.15, 0.2) is 24.3 Å². The minimum atomic E-state index is 0.110. The maximum atomic E-state index is 9.55. The van der Waals surface area contributed by atoms with E-state index < -0.39 is 0 Å². The van der Waals surface area contributed by atoms with Gasteiger partial charge < -0.3 is 0 Å². The molecule has 0 saturated heterocycles. The molecule has 0 atom stereocenters. The maximum absolute atomic E-state index is 9.55. The van der Waals surface area contributed by atoms with Crippen LogP contribution in [0.1, 0.15) is 56.8 Å². The van der Waals surface area contributed by atoms with Crippen LogP contribution in [0.3, 0.4) is 0 Å². The van der Waals surface area contributed by atoms with Crippen LogP contribution >= 0.6 is 11.3 Å². The molecule has 2 heterocycles. The number of aromatic nitrogens is 3. The SMILES string of the molecule is CC(C)c1nn2c(C#N)c(-c3ccc(C(C)(C)C)cc3)nc2s1. The summed E-state index contributed by atoms with van der Waals surface area (Å²) in [5.74, 6) is 0.336. The first-order chi connectivity index (χ1) is 10.8. The molecule has 4 nitrogen and oxygen atoms in total. The number of nitriles is 1. The summed E-state index contributed by atoms with van der Waals surface area (Å²) in [5.41, 5.74) is 3.55. The van der Waals surface area contributed by atoms with Gasteiger partial charge in [-0.25, -0.2) is 4.98 Å². The van der Waals surface area contributed by atoms with E-state index in [2.05, 4.69) is 62.9 Å². The molecule has 0 aliphatic rings. The van der Waals surface area contributed by atoms with E-state index in [4.69, 9.17) is 0 Å². The molecule has 0 bridgehead atoms. The van der Waals surface area contributed by atoms with Gasteiger partial charge in [0.2, 0.25) is 4.96 Å². The van der Waals surface area contributed by atoms with Crippen LogP contribution in [0.4, 0.5) is 0 Å². The van der Waals surface area contributed by atoms with E-state index >= 15 is 0 Å². The van der Waals surface area contributed by atoms with Gasteiger partial charge in [-0.15, -0.1) is 0 Å². The van der Waals surface area contributed by atoms with Crippen LogP contribution in [0.5, 0.6) is 0 Å². The number of rotatable bonds is 2. The standard InChI is InChI=1S/C18H20N4S/c1-11(2)16-21-22-14(10-19)15(20-17(22)23-16)12-6-8-13(9-7-12)18(3,4)5/h6-9,11H,1-5H3. The average Bonchev–Trinajstić information content (AvgIpc) is 3.03. The number of hydrogen-bond donors (Lipinski definition) is 0. The first kappa shape index (κ1) is 15.7. The fourth-order valence-electron chi connectivity index (χ4n) is 2.43. The molecule has 0 unspecified atom stereocenters. The van der Waals surface area contributed by atoms with E-state index in [-0.39, 0.29) is 5.41 Å². The third kappa shape index (κ3) is 2.75. The largest absolute Gasteiger partial charge is 0.216 e. The van der Waals surface area contributed by atoms with Gasteiger partial charge in [-0.3, -0.25) is 0 Å². The zero-order valence-electron chi connectivity index (χ0n) is 14.1. The van der Waals surface area contributed by atoms with Gasteiger partial charge in [-0.05, 0) is 11.0 Å². The van der Waals surface area contributed by atoms with Crippen molar-refractivity contribution in [3.05, 3.63) is 40.5 Å². The van der Waals surface area contributed by atoms with E-state index in [9.17, 15) is 5.26 Å². The lowest BCUT2D eigenvalue weighted by atomic mass is 9.86. The minimum absolute atomic E-state index is 0.110. The van der Waals surface area contributed by atoms with Crippen molar-refractivity contribution in [2.24, 2.45) is 0 Å². The first-order valence-corrected chi connectivity index (χ1v) is 8.53. The molecular weight excluding hydrogens is 304 g/mol. The molecule has 3 aromatic rings. The lowest BCUT2D eigenvalue weighted by Gasteiger charge is -2.18. The number of imidazole rings is 1. The zero-order valence-corrected chi connectivity index (χ0v) is 14.9. The highest BCUT2D eigenvalue weighted by molar-refractivity contribution is 7.16. The first-order valence-electron chi connectivity index (χ1n) is 7.71. The fourth-order valence-corrected chi connectivity index (χ4v) is 3.33. The van der Waals surface area contributed by atoms with Gasteiger partial charge >= 0.3 is 0 Å². The molecular formula is C18H20N4S. The van der Waals surface area contributed by atoms with Crippen molar-refractivity contribution in [2.45, 2.75) is 46.0 Å². The number of hydrogen-bond acceptors (Lipinski definition) is 4. The Balaban J connectivity index is 2.09. The van der Waals surface area contributed by atoms with Crippen molar-refractivity contribution in [1.29, 1.82) is 5.26 Å². The number of nitrogens with zero attached hydrogens (tertiary/aromatic N) is 4. The second kappa shape index (κ2) is 5.47. The van der Waals surface area contributed by atoms with Crippen molar-refractivity contribution in [3.8, 4) is 17.3 Å². The smallest absolute Gasteiger partial charge is 0.214 e. The van der Waals surface area contributed by atoms with Gasteiger partial charge in [-0.2, -0.15) is 14.9 Å². The molecule has 0 radical (unpaired) electrons. The van der Waals surface area contributed by atoms with Crippen molar-refractivity contribution in [1.82, 2.24) is 14.6 Å². The Bertz CT molecular complexity index is 886.